The second kappa shape index (κ2) is 11.1. The fraction of sp³-hybridized carbons (Fsp3) is 0.650. The van der Waals surface area contributed by atoms with E-state index in [1.807, 2.05) is 12.1 Å². The number of hydrogen-bond acceptors (Lipinski definition) is 4. The summed E-state index contributed by atoms with van der Waals surface area (Å²) in [5.41, 5.74) is 1.95. The number of benzene rings is 1. The summed E-state index contributed by atoms with van der Waals surface area (Å²) in [6.45, 7) is 12.6. The first-order valence-electron chi connectivity index (χ1n) is 9.81. The lowest BCUT2D eigenvalue weighted by Crippen LogP contribution is -2.44. The van der Waals surface area contributed by atoms with Crippen LogP contribution in [0.1, 0.15) is 43.5 Å². The number of hydrogen-bond donors (Lipinski definition) is 2. The van der Waals surface area contributed by atoms with Gasteiger partial charge < -0.3 is 20.4 Å². The Morgan fingerprint density at radius 3 is 2.52 bits per heavy atom. The Hall–Kier alpha value is -1.59. The highest BCUT2D eigenvalue weighted by molar-refractivity contribution is 5.94. The minimum Gasteiger partial charge on any atom is -0.372 e. The normalized spacial score (nSPS) is 15.1. The number of rotatable bonds is 10. The van der Waals surface area contributed by atoms with Crippen LogP contribution in [0.25, 0.3) is 0 Å². The summed E-state index contributed by atoms with van der Waals surface area (Å²) in [7, 11) is 0. The van der Waals surface area contributed by atoms with Crippen molar-refractivity contribution in [2.45, 2.75) is 33.1 Å². The Labute approximate surface area is 152 Å². The molecule has 2 N–H and O–H groups in total. The van der Waals surface area contributed by atoms with Crippen molar-refractivity contribution in [3.8, 4) is 0 Å². The fourth-order valence-corrected chi connectivity index (χ4v) is 3.18. The van der Waals surface area contributed by atoms with E-state index in [2.05, 4.69) is 46.4 Å². The molecule has 0 aromatic heterocycles. The van der Waals surface area contributed by atoms with Gasteiger partial charge in [-0.2, -0.15) is 0 Å². The molecule has 1 heterocycles. The third-order valence-electron chi connectivity index (χ3n) is 4.80. The molecule has 1 aromatic rings. The van der Waals surface area contributed by atoms with Crippen LogP contribution in [0.5, 0.6) is 0 Å². The maximum atomic E-state index is 12.3. The van der Waals surface area contributed by atoms with Gasteiger partial charge in [0.25, 0.3) is 5.91 Å². The zero-order valence-electron chi connectivity index (χ0n) is 15.9. The van der Waals surface area contributed by atoms with Crippen molar-refractivity contribution >= 4 is 11.6 Å². The Morgan fingerprint density at radius 1 is 1.16 bits per heavy atom. The number of amides is 1. The number of anilines is 1. The molecule has 1 aliphatic rings. The lowest BCUT2D eigenvalue weighted by atomic mass is 10.1. The molecule has 5 nitrogen and oxygen atoms in total. The van der Waals surface area contributed by atoms with Crippen LogP contribution in [-0.2, 0) is 0 Å². The van der Waals surface area contributed by atoms with Crippen LogP contribution in [0.3, 0.4) is 0 Å². The van der Waals surface area contributed by atoms with E-state index in [1.165, 1.54) is 18.5 Å². The van der Waals surface area contributed by atoms with Crippen molar-refractivity contribution in [1.82, 2.24) is 15.5 Å². The van der Waals surface area contributed by atoms with Crippen LogP contribution in [0.4, 0.5) is 5.69 Å². The lowest BCUT2D eigenvalue weighted by Gasteiger charge is -2.27. The van der Waals surface area contributed by atoms with Crippen LogP contribution >= 0.6 is 0 Å². The molecule has 1 saturated heterocycles. The van der Waals surface area contributed by atoms with E-state index in [0.29, 0.717) is 0 Å². The molecule has 1 aliphatic heterocycles. The third kappa shape index (κ3) is 6.67. The van der Waals surface area contributed by atoms with E-state index in [4.69, 9.17) is 0 Å². The van der Waals surface area contributed by atoms with Crippen LogP contribution in [0, 0.1) is 0 Å². The molecule has 25 heavy (non-hydrogen) atoms. The van der Waals surface area contributed by atoms with Crippen LogP contribution in [0.15, 0.2) is 24.3 Å². The lowest BCUT2D eigenvalue weighted by molar-refractivity contribution is 0.0951. The zero-order chi connectivity index (χ0) is 17.9. The molecule has 0 bridgehead atoms. The first-order chi connectivity index (χ1) is 12.2. The van der Waals surface area contributed by atoms with E-state index < -0.39 is 0 Å². The molecule has 1 aromatic carbocycles. The molecule has 0 aliphatic carbocycles. The quantitative estimate of drug-likeness (QED) is 0.639. The number of nitrogens with zero attached hydrogens (tertiary/aromatic N) is 2. The molecule has 140 valence electrons. The summed E-state index contributed by atoms with van der Waals surface area (Å²) in [5, 5.41) is 6.40. The highest BCUT2D eigenvalue weighted by Gasteiger charge is 2.10. The minimum atomic E-state index is 0.0310. The Bertz CT molecular complexity index is 497. The SMILES string of the molecule is CCCCN(CC)c1ccc(C(=O)NCCCN2CCNCC2)cc1. The zero-order valence-corrected chi connectivity index (χ0v) is 15.9. The first-order valence-corrected chi connectivity index (χ1v) is 9.81. The summed E-state index contributed by atoms with van der Waals surface area (Å²) < 4.78 is 0. The highest BCUT2D eigenvalue weighted by Crippen LogP contribution is 2.16. The largest absolute Gasteiger partial charge is 0.372 e. The van der Waals surface area contributed by atoms with Gasteiger partial charge in [-0.1, -0.05) is 13.3 Å². The summed E-state index contributed by atoms with van der Waals surface area (Å²) in [6.07, 6.45) is 3.40. The van der Waals surface area contributed by atoms with E-state index >= 15 is 0 Å². The predicted molar refractivity (Wildman–Crippen MR) is 105 cm³/mol. The van der Waals surface area contributed by atoms with E-state index in [9.17, 15) is 4.79 Å². The van der Waals surface area contributed by atoms with Gasteiger partial charge in [0.15, 0.2) is 0 Å². The number of nitrogens with one attached hydrogen (secondary N) is 2. The summed E-state index contributed by atoms with van der Waals surface area (Å²) >= 11 is 0. The van der Waals surface area contributed by atoms with Gasteiger partial charge in [0.05, 0.1) is 0 Å². The number of piperazine rings is 1. The van der Waals surface area contributed by atoms with Gasteiger partial charge in [-0.15, -0.1) is 0 Å². The van der Waals surface area contributed by atoms with Crippen molar-refractivity contribution < 1.29 is 4.79 Å². The topological polar surface area (TPSA) is 47.6 Å². The van der Waals surface area contributed by atoms with Crippen molar-refractivity contribution in [3.63, 3.8) is 0 Å². The monoisotopic (exact) mass is 346 g/mol. The number of carbonyl (C=O) groups excluding carboxylic acids is 1. The highest BCUT2D eigenvalue weighted by atomic mass is 16.1. The van der Waals surface area contributed by atoms with Gasteiger partial charge in [-0.25, -0.2) is 0 Å². The van der Waals surface area contributed by atoms with Crippen molar-refractivity contribution in [2.24, 2.45) is 0 Å². The average Bonchev–Trinajstić information content (AvgIpc) is 2.67. The van der Waals surface area contributed by atoms with Crippen molar-refractivity contribution in [2.75, 3.05) is 57.3 Å². The third-order valence-corrected chi connectivity index (χ3v) is 4.80. The molecule has 2 rings (SSSR count). The van der Waals surface area contributed by atoms with Gasteiger partial charge in [-0.05, 0) is 50.6 Å². The standard InChI is InChI=1S/C20H34N4O/c1-3-5-15-24(4-2)19-9-7-18(8-10-19)20(25)22-11-6-14-23-16-12-21-13-17-23/h7-10,21H,3-6,11-17H2,1-2H3,(H,22,25). The summed E-state index contributed by atoms with van der Waals surface area (Å²) in [6, 6.07) is 8.01. The molecule has 0 atom stereocenters. The van der Waals surface area contributed by atoms with Crippen molar-refractivity contribution in [1.29, 1.82) is 0 Å². The Morgan fingerprint density at radius 2 is 1.88 bits per heavy atom. The van der Waals surface area contributed by atoms with E-state index in [1.54, 1.807) is 0 Å². The number of unbranched alkanes of at least 4 members (excludes halogenated alkanes) is 1. The maximum Gasteiger partial charge on any atom is 0.251 e. The summed E-state index contributed by atoms with van der Waals surface area (Å²) in [5.74, 6) is 0.0310. The Balaban J connectivity index is 1.73. The van der Waals surface area contributed by atoms with E-state index in [-0.39, 0.29) is 5.91 Å². The molecule has 1 amide bonds. The van der Waals surface area contributed by atoms with Crippen LogP contribution in [-0.4, -0.2) is 63.2 Å². The molecule has 0 radical (unpaired) electrons. The van der Waals surface area contributed by atoms with Gasteiger partial charge in [0.1, 0.15) is 0 Å². The second-order valence-electron chi connectivity index (χ2n) is 6.68. The molecular weight excluding hydrogens is 312 g/mol. The first kappa shape index (κ1) is 19.7. The number of carbonyl (C=O) groups is 1. The second-order valence-corrected chi connectivity index (χ2v) is 6.68. The van der Waals surface area contributed by atoms with Gasteiger partial charge in [0, 0.05) is 57.1 Å². The predicted octanol–water partition coefficient (Wildman–Crippen LogP) is 2.34. The maximum absolute atomic E-state index is 12.3. The molecular formula is C20H34N4O. The fourth-order valence-electron chi connectivity index (χ4n) is 3.18. The summed E-state index contributed by atoms with van der Waals surface area (Å²) in [4.78, 5) is 17.1. The van der Waals surface area contributed by atoms with Gasteiger partial charge in [0.2, 0.25) is 0 Å². The molecule has 5 heteroatoms. The van der Waals surface area contributed by atoms with Gasteiger partial charge in [-0.3, -0.25) is 4.79 Å². The van der Waals surface area contributed by atoms with E-state index in [0.717, 1.165) is 64.3 Å². The molecule has 0 spiro atoms. The van der Waals surface area contributed by atoms with Gasteiger partial charge >= 0.3 is 0 Å². The van der Waals surface area contributed by atoms with Crippen LogP contribution < -0.4 is 15.5 Å². The Kier molecular flexibility index (Phi) is 8.77. The van der Waals surface area contributed by atoms with Crippen LogP contribution in [0.2, 0.25) is 0 Å². The molecule has 0 saturated carbocycles. The molecule has 1 fully saturated rings. The average molecular weight is 347 g/mol. The molecule has 0 unspecified atom stereocenters. The van der Waals surface area contributed by atoms with Crippen molar-refractivity contribution in [3.05, 3.63) is 29.8 Å². The smallest absolute Gasteiger partial charge is 0.251 e. The minimum absolute atomic E-state index is 0.0310.